The van der Waals surface area contributed by atoms with Gasteiger partial charge in [-0.1, -0.05) is 37.3 Å². The molecule has 0 spiro atoms. The van der Waals surface area contributed by atoms with E-state index in [1.165, 1.54) is 5.56 Å². The smallest absolute Gasteiger partial charge is 0.251 e. The van der Waals surface area contributed by atoms with Crippen molar-refractivity contribution >= 4 is 5.91 Å². The van der Waals surface area contributed by atoms with E-state index in [2.05, 4.69) is 24.4 Å². The Bertz CT molecular complexity index is 578. The van der Waals surface area contributed by atoms with E-state index in [1.54, 1.807) is 12.1 Å². The number of hydrogen-bond acceptors (Lipinski definition) is 2. The summed E-state index contributed by atoms with van der Waals surface area (Å²) in [6.45, 7) is 5.35. The quantitative estimate of drug-likeness (QED) is 0.838. The molecule has 0 aliphatic rings. The van der Waals surface area contributed by atoms with Crippen molar-refractivity contribution in [3.05, 3.63) is 65.7 Å². The van der Waals surface area contributed by atoms with Crippen molar-refractivity contribution in [2.24, 2.45) is 0 Å². The molecule has 0 aliphatic carbocycles. The summed E-state index contributed by atoms with van der Waals surface area (Å²) in [6.07, 6.45) is 0.994. The van der Waals surface area contributed by atoms with E-state index in [0.717, 1.165) is 12.2 Å². The summed E-state index contributed by atoms with van der Waals surface area (Å²) in [5, 5.41) is 3.02. The molecule has 2 aromatic carbocycles. The Hall–Kier alpha value is -2.29. The largest absolute Gasteiger partial charge is 0.494 e. The van der Waals surface area contributed by atoms with E-state index in [0.29, 0.717) is 24.6 Å². The molecule has 0 aromatic heterocycles. The second-order valence-corrected chi connectivity index (χ2v) is 5.18. The molecule has 2 rings (SSSR count). The molecule has 0 radical (unpaired) electrons. The van der Waals surface area contributed by atoms with Crippen LogP contribution >= 0.6 is 0 Å². The Kier molecular flexibility index (Phi) is 6.01. The number of carbonyl (C=O) groups excluding carboxylic acids is 1. The Balaban J connectivity index is 1.93. The first-order chi connectivity index (χ1) is 10.7. The maximum atomic E-state index is 12.2. The molecule has 0 fully saturated rings. The summed E-state index contributed by atoms with van der Waals surface area (Å²) in [5.74, 6) is 1.08. The van der Waals surface area contributed by atoms with E-state index >= 15 is 0 Å². The molecular formula is C19H23NO2. The van der Waals surface area contributed by atoms with Crippen molar-refractivity contribution in [1.29, 1.82) is 0 Å². The third kappa shape index (κ3) is 4.35. The van der Waals surface area contributed by atoms with Gasteiger partial charge in [0.1, 0.15) is 5.75 Å². The standard InChI is InChI=1S/C19H23NO2/c1-3-15(16-8-6-5-7-9-16)14-20-19(21)17-10-12-18(13-11-17)22-4-2/h5-13,15H,3-4,14H2,1-2H3,(H,20,21)/t15-/m0/s1. The highest BCUT2D eigenvalue weighted by molar-refractivity contribution is 5.94. The molecule has 0 heterocycles. The monoisotopic (exact) mass is 297 g/mol. The van der Waals surface area contributed by atoms with Crippen LogP contribution in [0.1, 0.15) is 42.1 Å². The molecular weight excluding hydrogens is 274 g/mol. The van der Waals surface area contributed by atoms with Gasteiger partial charge in [-0.3, -0.25) is 4.79 Å². The lowest BCUT2D eigenvalue weighted by molar-refractivity contribution is 0.0951. The number of hydrogen-bond donors (Lipinski definition) is 1. The molecule has 1 amide bonds. The third-order valence-electron chi connectivity index (χ3n) is 3.70. The van der Waals surface area contributed by atoms with Crippen LogP contribution in [0.2, 0.25) is 0 Å². The van der Waals surface area contributed by atoms with E-state index in [4.69, 9.17) is 4.74 Å². The zero-order chi connectivity index (χ0) is 15.8. The average molecular weight is 297 g/mol. The minimum Gasteiger partial charge on any atom is -0.494 e. The molecule has 0 unspecified atom stereocenters. The van der Waals surface area contributed by atoms with Crippen molar-refractivity contribution < 1.29 is 9.53 Å². The topological polar surface area (TPSA) is 38.3 Å². The van der Waals surface area contributed by atoms with Crippen LogP contribution in [0.15, 0.2) is 54.6 Å². The molecule has 3 heteroatoms. The lowest BCUT2D eigenvalue weighted by atomic mass is 9.96. The Labute approximate surface area is 132 Å². The minimum atomic E-state index is -0.0440. The van der Waals surface area contributed by atoms with Crippen LogP contribution < -0.4 is 10.1 Å². The fraction of sp³-hybridized carbons (Fsp3) is 0.316. The van der Waals surface area contributed by atoms with E-state index in [9.17, 15) is 4.79 Å². The second-order valence-electron chi connectivity index (χ2n) is 5.18. The fourth-order valence-electron chi connectivity index (χ4n) is 2.41. The summed E-state index contributed by atoms with van der Waals surface area (Å²) in [6, 6.07) is 17.5. The molecule has 0 saturated carbocycles. The Morgan fingerprint density at radius 1 is 1.05 bits per heavy atom. The molecule has 3 nitrogen and oxygen atoms in total. The van der Waals surface area contributed by atoms with Gasteiger partial charge >= 0.3 is 0 Å². The Morgan fingerprint density at radius 3 is 2.32 bits per heavy atom. The number of rotatable bonds is 7. The summed E-state index contributed by atoms with van der Waals surface area (Å²) < 4.78 is 5.38. The zero-order valence-electron chi connectivity index (χ0n) is 13.2. The SMILES string of the molecule is CCOc1ccc(C(=O)NC[C@H](CC)c2ccccc2)cc1. The van der Waals surface area contributed by atoms with Crippen molar-refractivity contribution in [2.75, 3.05) is 13.2 Å². The van der Waals surface area contributed by atoms with Gasteiger partial charge in [-0.25, -0.2) is 0 Å². The maximum absolute atomic E-state index is 12.2. The molecule has 0 saturated heterocycles. The lowest BCUT2D eigenvalue weighted by Crippen LogP contribution is -2.28. The van der Waals surface area contributed by atoms with Crippen LogP contribution in [-0.2, 0) is 0 Å². The summed E-state index contributed by atoms with van der Waals surface area (Å²) in [4.78, 5) is 12.2. The average Bonchev–Trinajstić information content (AvgIpc) is 2.57. The molecule has 116 valence electrons. The first-order valence-corrected chi connectivity index (χ1v) is 7.80. The van der Waals surface area contributed by atoms with Crippen LogP contribution in [-0.4, -0.2) is 19.1 Å². The Morgan fingerprint density at radius 2 is 1.73 bits per heavy atom. The molecule has 1 N–H and O–H groups in total. The van der Waals surface area contributed by atoms with Crippen molar-refractivity contribution in [2.45, 2.75) is 26.2 Å². The minimum absolute atomic E-state index is 0.0440. The van der Waals surface area contributed by atoms with Crippen LogP contribution in [0.4, 0.5) is 0 Å². The van der Waals surface area contributed by atoms with Gasteiger partial charge in [0.2, 0.25) is 0 Å². The molecule has 2 aromatic rings. The predicted molar refractivity (Wildman–Crippen MR) is 89.4 cm³/mol. The second kappa shape index (κ2) is 8.23. The highest BCUT2D eigenvalue weighted by atomic mass is 16.5. The zero-order valence-corrected chi connectivity index (χ0v) is 13.2. The van der Waals surface area contributed by atoms with E-state index < -0.39 is 0 Å². The van der Waals surface area contributed by atoms with Gasteiger partial charge in [0.05, 0.1) is 6.61 Å². The third-order valence-corrected chi connectivity index (χ3v) is 3.70. The van der Waals surface area contributed by atoms with Crippen LogP contribution in [0, 0.1) is 0 Å². The molecule has 1 atom stereocenters. The number of nitrogens with one attached hydrogen (secondary N) is 1. The van der Waals surface area contributed by atoms with Crippen LogP contribution in [0.25, 0.3) is 0 Å². The summed E-state index contributed by atoms with van der Waals surface area (Å²) in [5.41, 5.74) is 1.92. The molecule has 22 heavy (non-hydrogen) atoms. The number of amides is 1. The number of benzene rings is 2. The van der Waals surface area contributed by atoms with Gasteiger partial charge in [0.25, 0.3) is 5.91 Å². The highest BCUT2D eigenvalue weighted by Crippen LogP contribution is 2.18. The van der Waals surface area contributed by atoms with Gasteiger partial charge in [-0.15, -0.1) is 0 Å². The molecule has 0 bridgehead atoms. The maximum Gasteiger partial charge on any atom is 0.251 e. The predicted octanol–water partition coefficient (Wildman–Crippen LogP) is 4.01. The van der Waals surface area contributed by atoms with E-state index in [-0.39, 0.29) is 5.91 Å². The van der Waals surface area contributed by atoms with Gasteiger partial charge < -0.3 is 10.1 Å². The van der Waals surface area contributed by atoms with Crippen LogP contribution in [0.5, 0.6) is 5.75 Å². The van der Waals surface area contributed by atoms with Gasteiger partial charge in [-0.05, 0) is 43.2 Å². The first kappa shape index (κ1) is 16.1. The van der Waals surface area contributed by atoms with Gasteiger partial charge in [-0.2, -0.15) is 0 Å². The van der Waals surface area contributed by atoms with Gasteiger partial charge in [0, 0.05) is 18.0 Å². The lowest BCUT2D eigenvalue weighted by Gasteiger charge is -2.16. The van der Waals surface area contributed by atoms with E-state index in [1.807, 2.05) is 37.3 Å². The van der Waals surface area contributed by atoms with Gasteiger partial charge in [0.15, 0.2) is 0 Å². The summed E-state index contributed by atoms with van der Waals surface area (Å²) in [7, 11) is 0. The number of ether oxygens (including phenoxy) is 1. The molecule has 0 aliphatic heterocycles. The number of carbonyl (C=O) groups is 1. The van der Waals surface area contributed by atoms with Crippen molar-refractivity contribution in [3.8, 4) is 5.75 Å². The highest BCUT2D eigenvalue weighted by Gasteiger charge is 2.11. The van der Waals surface area contributed by atoms with Crippen molar-refractivity contribution in [1.82, 2.24) is 5.32 Å². The fourth-order valence-corrected chi connectivity index (χ4v) is 2.41. The van der Waals surface area contributed by atoms with Crippen LogP contribution in [0.3, 0.4) is 0 Å². The normalized spacial score (nSPS) is 11.7. The first-order valence-electron chi connectivity index (χ1n) is 7.80. The summed E-state index contributed by atoms with van der Waals surface area (Å²) >= 11 is 0. The van der Waals surface area contributed by atoms with Crippen molar-refractivity contribution in [3.63, 3.8) is 0 Å².